The molecule has 0 spiro atoms. The third-order valence-electron chi connectivity index (χ3n) is 4.42. The van der Waals surface area contributed by atoms with Crippen LogP contribution in [0.15, 0.2) is 12.5 Å². The molecule has 114 valence electrons. The molecule has 3 heterocycles. The molecule has 0 aromatic carbocycles. The first-order valence-electron chi connectivity index (χ1n) is 7.78. The second-order valence-corrected chi connectivity index (χ2v) is 5.90. The molecule has 0 aliphatic carbocycles. The summed E-state index contributed by atoms with van der Waals surface area (Å²) in [6.07, 6.45) is 7.82. The molecule has 2 amide bonds. The Morgan fingerprint density at radius 1 is 1.43 bits per heavy atom. The van der Waals surface area contributed by atoms with Gasteiger partial charge in [0, 0.05) is 56.8 Å². The number of aryl methyl sites for hydroxylation is 1. The summed E-state index contributed by atoms with van der Waals surface area (Å²) in [6.45, 7) is 3.16. The van der Waals surface area contributed by atoms with Crippen LogP contribution in [0.3, 0.4) is 0 Å². The SMILES string of the molecule is O=C(NCCCN1CCCC1=O)C1CCn2cncc2C1. The van der Waals surface area contributed by atoms with Crippen molar-refractivity contribution in [3.8, 4) is 0 Å². The van der Waals surface area contributed by atoms with Crippen molar-refractivity contribution in [2.24, 2.45) is 5.92 Å². The van der Waals surface area contributed by atoms with Crippen molar-refractivity contribution >= 4 is 11.8 Å². The number of carbonyl (C=O) groups is 2. The number of carbonyl (C=O) groups excluding carboxylic acids is 2. The Hall–Kier alpha value is -1.85. The molecule has 6 nitrogen and oxygen atoms in total. The number of amides is 2. The monoisotopic (exact) mass is 290 g/mol. The minimum atomic E-state index is 0.0580. The molecule has 0 saturated carbocycles. The van der Waals surface area contributed by atoms with Crippen molar-refractivity contribution < 1.29 is 9.59 Å². The van der Waals surface area contributed by atoms with Crippen molar-refractivity contribution in [3.63, 3.8) is 0 Å². The van der Waals surface area contributed by atoms with Crippen molar-refractivity contribution in [3.05, 3.63) is 18.2 Å². The van der Waals surface area contributed by atoms with Crippen LogP contribution in [0.25, 0.3) is 0 Å². The molecular weight excluding hydrogens is 268 g/mol. The molecule has 1 saturated heterocycles. The van der Waals surface area contributed by atoms with E-state index in [0.29, 0.717) is 13.0 Å². The molecule has 2 aliphatic heterocycles. The number of fused-ring (bicyclic) bond motifs is 1. The van der Waals surface area contributed by atoms with Crippen molar-refractivity contribution in [2.45, 2.75) is 38.6 Å². The summed E-state index contributed by atoms with van der Waals surface area (Å²) in [6, 6.07) is 0. The Morgan fingerprint density at radius 2 is 2.33 bits per heavy atom. The van der Waals surface area contributed by atoms with Crippen LogP contribution in [-0.2, 0) is 22.6 Å². The van der Waals surface area contributed by atoms with Crippen LogP contribution in [-0.4, -0.2) is 45.9 Å². The normalized spacial score (nSPS) is 21.4. The summed E-state index contributed by atoms with van der Waals surface area (Å²) in [5.41, 5.74) is 1.14. The maximum absolute atomic E-state index is 12.2. The van der Waals surface area contributed by atoms with E-state index in [1.165, 1.54) is 0 Å². The summed E-state index contributed by atoms with van der Waals surface area (Å²) in [7, 11) is 0. The fraction of sp³-hybridized carbons (Fsp3) is 0.667. The summed E-state index contributed by atoms with van der Waals surface area (Å²) in [5.74, 6) is 0.444. The van der Waals surface area contributed by atoms with Crippen LogP contribution in [0.2, 0.25) is 0 Å². The second kappa shape index (κ2) is 6.28. The lowest BCUT2D eigenvalue weighted by molar-refractivity contribution is -0.127. The Bertz CT molecular complexity index is 525. The van der Waals surface area contributed by atoms with E-state index in [-0.39, 0.29) is 17.7 Å². The lowest BCUT2D eigenvalue weighted by Crippen LogP contribution is -2.37. The lowest BCUT2D eigenvalue weighted by Gasteiger charge is -2.23. The molecule has 1 aromatic rings. The predicted octanol–water partition coefficient (Wildman–Crippen LogP) is 0.574. The molecule has 1 atom stereocenters. The van der Waals surface area contributed by atoms with Gasteiger partial charge in [-0.3, -0.25) is 9.59 Å². The van der Waals surface area contributed by atoms with Crippen LogP contribution in [0.1, 0.15) is 31.4 Å². The number of aromatic nitrogens is 2. The molecule has 0 bridgehead atoms. The number of hydrogen-bond donors (Lipinski definition) is 1. The minimum Gasteiger partial charge on any atom is -0.356 e. The van der Waals surface area contributed by atoms with Gasteiger partial charge in [0.15, 0.2) is 0 Å². The van der Waals surface area contributed by atoms with Gasteiger partial charge in [-0.25, -0.2) is 4.98 Å². The predicted molar refractivity (Wildman–Crippen MR) is 77.5 cm³/mol. The standard InChI is InChI=1S/C15H22N4O2/c20-14-3-1-6-18(14)7-2-5-17-15(21)12-4-8-19-11-16-10-13(19)9-12/h10-12H,1-9H2,(H,17,21). The number of hydrogen-bond acceptors (Lipinski definition) is 3. The van der Waals surface area contributed by atoms with E-state index in [4.69, 9.17) is 0 Å². The highest BCUT2D eigenvalue weighted by Gasteiger charge is 2.24. The summed E-state index contributed by atoms with van der Waals surface area (Å²) >= 11 is 0. The largest absolute Gasteiger partial charge is 0.356 e. The molecule has 1 unspecified atom stereocenters. The molecule has 21 heavy (non-hydrogen) atoms. The van der Waals surface area contributed by atoms with Gasteiger partial charge in [0.05, 0.1) is 6.33 Å². The zero-order chi connectivity index (χ0) is 14.7. The smallest absolute Gasteiger partial charge is 0.223 e. The number of nitrogens with zero attached hydrogens (tertiary/aromatic N) is 3. The zero-order valence-corrected chi connectivity index (χ0v) is 12.3. The van der Waals surface area contributed by atoms with Crippen LogP contribution >= 0.6 is 0 Å². The molecule has 1 fully saturated rings. The maximum Gasteiger partial charge on any atom is 0.223 e. The van der Waals surface area contributed by atoms with Crippen molar-refractivity contribution in [1.29, 1.82) is 0 Å². The topological polar surface area (TPSA) is 67.2 Å². The van der Waals surface area contributed by atoms with E-state index in [0.717, 1.165) is 51.0 Å². The highest BCUT2D eigenvalue weighted by molar-refractivity contribution is 5.79. The summed E-state index contributed by atoms with van der Waals surface area (Å²) < 4.78 is 2.11. The zero-order valence-electron chi connectivity index (χ0n) is 12.3. The summed E-state index contributed by atoms with van der Waals surface area (Å²) in [5, 5.41) is 3.01. The van der Waals surface area contributed by atoms with Crippen LogP contribution in [0, 0.1) is 5.92 Å². The Balaban J connectivity index is 1.38. The number of imidazole rings is 1. The fourth-order valence-electron chi connectivity index (χ4n) is 3.16. The third-order valence-corrected chi connectivity index (χ3v) is 4.42. The minimum absolute atomic E-state index is 0.0580. The van der Waals surface area contributed by atoms with E-state index in [9.17, 15) is 9.59 Å². The average Bonchev–Trinajstić information content (AvgIpc) is 3.11. The van der Waals surface area contributed by atoms with Gasteiger partial charge in [0.2, 0.25) is 11.8 Å². The first kappa shape index (κ1) is 14.1. The fourth-order valence-corrected chi connectivity index (χ4v) is 3.16. The second-order valence-electron chi connectivity index (χ2n) is 5.90. The van der Waals surface area contributed by atoms with Gasteiger partial charge in [-0.05, 0) is 19.3 Å². The van der Waals surface area contributed by atoms with Crippen molar-refractivity contribution in [1.82, 2.24) is 19.8 Å². The highest BCUT2D eigenvalue weighted by atomic mass is 16.2. The first-order chi connectivity index (χ1) is 10.2. The summed E-state index contributed by atoms with van der Waals surface area (Å²) in [4.78, 5) is 29.7. The highest BCUT2D eigenvalue weighted by Crippen LogP contribution is 2.19. The Kier molecular flexibility index (Phi) is 4.22. The molecule has 6 heteroatoms. The van der Waals surface area contributed by atoms with Gasteiger partial charge in [0.25, 0.3) is 0 Å². The van der Waals surface area contributed by atoms with E-state index in [1.807, 2.05) is 17.4 Å². The molecule has 1 N–H and O–H groups in total. The quantitative estimate of drug-likeness (QED) is 0.806. The Labute approximate surface area is 124 Å². The molecule has 3 rings (SSSR count). The molecule has 1 aromatic heterocycles. The van der Waals surface area contributed by atoms with Gasteiger partial charge in [-0.15, -0.1) is 0 Å². The van der Waals surface area contributed by atoms with E-state index < -0.39 is 0 Å². The molecule has 0 radical (unpaired) electrons. The lowest BCUT2D eigenvalue weighted by atomic mass is 9.95. The number of rotatable bonds is 5. The van der Waals surface area contributed by atoms with Gasteiger partial charge in [0.1, 0.15) is 0 Å². The third kappa shape index (κ3) is 3.25. The molecule has 2 aliphatic rings. The van der Waals surface area contributed by atoms with Crippen LogP contribution in [0.4, 0.5) is 0 Å². The Morgan fingerprint density at radius 3 is 3.14 bits per heavy atom. The van der Waals surface area contributed by atoms with Crippen LogP contribution in [0.5, 0.6) is 0 Å². The van der Waals surface area contributed by atoms with E-state index in [1.54, 1.807) is 0 Å². The van der Waals surface area contributed by atoms with E-state index in [2.05, 4.69) is 14.9 Å². The maximum atomic E-state index is 12.2. The average molecular weight is 290 g/mol. The molecular formula is C15H22N4O2. The van der Waals surface area contributed by atoms with Gasteiger partial charge < -0.3 is 14.8 Å². The van der Waals surface area contributed by atoms with Crippen molar-refractivity contribution in [2.75, 3.05) is 19.6 Å². The van der Waals surface area contributed by atoms with Gasteiger partial charge in [-0.1, -0.05) is 0 Å². The number of likely N-dealkylation sites (tertiary alicyclic amines) is 1. The van der Waals surface area contributed by atoms with Gasteiger partial charge >= 0.3 is 0 Å². The number of nitrogens with one attached hydrogen (secondary N) is 1. The first-order valence-corrected chi connectivity index (χ1v) is 7.78. The van der Waals surface area contributed by atoms with Crippen LogP contribution < -0.4 is 5.32 Å². The van der Waals surface area contributed by atoms with Gasteiger partial charge in [-0.2, -0.15) is 0 Å². The van der Waals surface area contributed by atoms with E-state index >= 15 is 0 Å².